The number of nitrogens with one attached hydrogen (secondary N) is 2. The molecule has 0 spiro atoms. The minimum Gasteiger partial charge on any atom is -0.497 e. The SMILES string of the molecule is COc1ccc2c(c1)CCc1c-2n[nH]c1C(=O)NCC1(N2Cc3ccccc3C2=O)CCCCC1. The number of nitrogens with zero attached hydrogens (tertiary/aromatic N) is 2. The fourth-order valence-corrected chi connectivity index (χ4v) is 6.14. The van der Waals surface area contributed by atoms with Gasteiger partial charge in [0.2, 0.25) is 0 Å². The number of ether oxygens (including phenoxy) is 1. The fraction of sp³-hybridized carbons (Fsp3) is 0.393. The van der Waals surface area contributed by atoms with Crippen LogP contribution in [0.3, 0.4) is 0 Å². The number of methoxy groups -OCH3 is 1. The number of hydrogen-bond acceptors (Lipinski definition) is 4. The molecule has 180 valence electrons. The molecule has 1 aliphatic heterocycles. The number of rotatable bonds is 5. The van der Waals surface area contributed by atoms with Gasteiger partial charge in [-0.05, 0) is 61.1 Å². The molecule has 0 unspecified atom stereocenters. The molecule has 3 aromatic rings. The van der Waals surface area contributed by atoms with Gasteiger partial charge >= 0.3 is 0 Å². The summed E-state index contributed by atoms with van der Waals surface area (Å²) in [6.07, 6.45) is 6.70. The molecular formula is C28H30N4O3. The van der Waals surface area contributed by atoms with E-state index < -0.39 is 0 Å². The van der Waals surface area contributed by atoms with Gasteiger partial charge in [-0.2, -0.15) is 5.10 Å². The quantitative estimate of drug-likeness (QED) is 0.583. The Hall–Kier alpha value is -3.61. The maximum Gasteiger partial charge on any atom is 0.269 e. The predicted octanol–water partition coefficient (Wildman–Crippen LogP) is 4.27. The van der Waals surface area contributed by atoms with Crippen LogP contribution in [0, 0.1) is 0 Å². The number of hydrogen-bond donors (Lipinski definition) is 2. The summed E-state index contributed by atoms with van der Waals surface area (Å²) < 4.78 is 5.36. The molecule has 2 N–H and O–H groups in total. The summed E-state index contributed by atoms with van der Waals surface area (Å²) in [5.41, 5.74) is 6.08. The molecule has 7 nitrogen and oxygen atoms in total. The van der Waals surface area contributed by atoms with E-state index in [9.17, 15) is 9.59 Å². The fourth-order valence-electron chi connectivity index (χ4n) is 6.14. The summed E-state index contributed by atoms with van der Waals surface area (Å²) in [4.78, 5) is 28.7. The van der Waals surface area contributed by atoms with E-state index in [1.165, 1.54) is 12.0 Å². The predicted molar refractivity (Wildman–Crippen MR) is 132 cm³/mol. The Balaban J connectivity index is 1.23. The van der Waals surface area contributed by atoms with E-state index >= 15 is 0 Å². The van der Waals surface area contributed by atoms with E-state index in [0.717, 1.165) is 72.2 Å². The smallest absolute Gasteiger partial charge is 0.269 e. The van der Waals surface area contributed by atoms with Gasteiger partial charge in [0.25, 0.3) is 11.8 Å². The lowest BCUT2D eigenvalue weighted by atomic mass is 9.80. The molecule has 0 radical (unpaired) electrons. The second kappa shape index (κ2) is 8.56. The molecule has 3 aliphatic rings. The zero-order chi connectivity index (χ0) is 24.0. The van der Waals surface area contributed by atoms with Crippen LogP contribution in [0.2, 0.25) is 0 Å². The van der Waals surface area contributed by atoms with Crippen molar-refractivity contribution in [1.29, 1.82) is 0 Å². The summed E-state index contributed by atoms with van der Waals surface area (Å²) in [6.45, 7) is 1.07. The highest BCUT2D eigenvalue weighted by Crippen LogP contribution is 2.39. The minimum absolute atomic E-state index is 0.0858. The Morgan fingerprint density at radius 1 is 1.09 bits per heavy atom. The van der Waals surface area contributed by atoms with E-state index in [0.29, 0.717) is 18.8 Å². The number of H-pyrrole nitrogens is 1. The number of amides is 2. The van der Waals surface area contributed by atoms with Crippen molar-refractivity contribution in [1.82, 2.24) is 20.4 Å². The molecule has 2 heterocycles. The number of carbonyl (C=O) groups excluding carboxylic acids is 2. The molecule has 1 aromatic heterocycles. The third-order valence-corrected chi connectivity index (χ3v) is 8.06. The van der Waals surface area contributed by atoms with Gasteiger partial charge in [-0.15, -0.1) is 0 Å². The first-order valence-electron chi connectivity index (χ1n) is 12.5. The van der Waals surface area contributed by atoms with Gasteiger partial charge in [0.1, 0.15) is 11.4 Å². The first kappa shape index (κ1) is 21.9. The van der Waals surface area contributed by atoms with Gasteiger partial charge in [-0.25, -0.2) is 0 Å². The minimum atomic E-state index is -0.354. The molecule has 35 heavy (non-hydrogen) atoms. The number of benzene rings is 2. The van der Waals surface area contributed by atoms with Crippen molar-refractivity contribution in [3.8, 4) is 17.0 Å². The number of aryl methyl sites for hydroxylation is 1. The largest absolute Gasteiger partial charge is 0.497 e. The van der Waals surface area contributed by atoms with Gasteiger partial charge < -0.3 is 15.0 Å². The molecule has 2 aliphatic carbocycles. The third kappa shape index (κ3) is 3.61. The Bertz CT molecular complexity index is 1310. The van der Waals surface area contributed by atoms with Crippen LogP contribution in [-0.2, 0) is 19.4 Å². The van der Waals surface area contributed by atoms with Gasteiger partial charge in [0.15, 0.2) is 0 Å². The van der Waals surface area contributed by atoms with Crippen molar-refractivity contribution >= 4 is 11.8 Å². The van der Waals surface area contributed by atoms with Crippen LogP contribution in [0.1, 0.15) is 69.6 Å². The first-order chi connectivity index (χ1) is 17.1. The third-order valence-electron chi connectivity index (χ3n) is 8.06. The maximum absolute atomic E-state index is 13.4. The van der Waals surface area contributed by atoms with Crippen LogP contribution in [0.15, 0.2) is 42.5 Å². The Morgan fingerprint density at radius 2 is 1.91 bits per heavy atom. The zero-order valence-corrected chi connectivity index (χ0v) is 20.0. The lowest BCUT2D eigenvalue weighted by Crippen LogP contribution is -2.56. The zero-order valence-electron chi connectivity index (χ0n) is 20.0. The summed E-state index contributed by atoms with van der Waals surface area (Å²) in [7, 11) is 1.67. The van der Waals surface area contributed by atoms with E-state index in [1.807, 2.05) is 47.4 Å². The van der Waals surface area contributed by atoms with Crippen LogP contribution in [-0.4, -0.2) is 46.1 Å². The van der Waals surface area contributed by atoms with Crippen molar-refractivity contribution in [2.75, 3.05) is 13.7 Å². The van der Waals surface area contributed by atoms with Crippen LogP contribution in [0.4, 0.5) is 0 Å². The molecule has 6 rings (SSSR count). The highest BCUT2D eigenvalue weighted by molar-refractivity contribution is 5.99. The Labute approximate surface area is 204 Å². The number of fused-ring (bicyclic) bond motifs is 4. The molecule has 1 saturated carbocycles. The van der Waals surface area contributed by atoms with E-state index in [-0.39, 0.29) is 17.4 Å². The molecule has 2 aromatic carbocycles. The monoisotopic (exact) mass is 470 g/mol. The van der Waals surface area contributed by atoms with Gasteiger partial charge in [0, 0.05) is 29.8 Å². The van der Waals surface area contributed by atoms with E-state index in [4.69, 9.17) is 4.74 Å². The van der Waals surface area contributed by atoms with Crippen LogP contribution >= 0.6 is 0 Å². The van der Waals surface area contributed by atoms with Crippen LogP contribution in [0.25, 0.3) is 11.3 Å². The van der Waals surface area contributed by atoms with Gasteiger partial charge in [-0.1, -0.05) is 37.5 Å². The average molecular weight is 471 g/mol. The van der Waals surface area contributed by atoms with Crippen molar-refractivity contribution < 1.29 is 14.3 Å². The van der Waals surface area contributed by atoms with Crippen molar-refractivity contribution in [2.24, 2.45) is 0 Å². The topological polar surface area (TPSA) is 87.3 Å². The first-order valence-corrected chi connectivity index (χ1v) is 12.5. The highest BCUT2D eigenvalue weighted by atomic mass is 16.5. The molecular weight excluding hydrogens is 440 g/mol. The lowest BCUT2D eigenvalue weighted by Gasteiger charge is -2.44. The van der Waals surface area contributed by atoms with Crippen molar-refractivity contribution in [3.05, 3.63) is 70.4 Å². The molecule has 7 heteroatoms. The average Bonchev–Trinajstić information content (AvgIpc) is 3.49. The van der Waals surface area contributed by atoms with Gasteiger partial charge in [-0.3, -0.25) is 14.7 Å². The maximum atomic E-state index is 13.4. The molecule has 2 amide bonds. The second-order valence-corrected chi connectivity index (χ2v) is 9.96. The van der Waals surface area contributed by atoms with E-state index in [1.54, 1.807) is 7.11 Å². The normalized spacial score (nSPS) is 18.0. The van der Waals surface area contributed by atoms with E-state index in [2.05, 4.69) is 15.5 Å². The molecule has 1 fully saturated rings. The Morgan fingerprint density at radius 3 is 2.71 bits per heavy atom. The van der Waals surface area contributed by atoms with Crippen molar-refractivity contribution in [3.63, 3.8) is 0 Å². The number of aromatic nitrogens is 2. The number of aromatic amines is 1. The molecule has 0 bridgehead atoms. The van der Waals surface area contributed by atoms with Crippen molar-refractivity contribution in [2.45, 2.75) is 57.0 Å². The highest BCUT2D eigenvalue weighted by Gasteiger charge is 2.44. The van der Waals surface area contributed by atoms with Crippen LogP contribution < -0.4 is 10.1 Å². The Kier molecular flexibility index (Phi) is 5.35. The molecule has 0 atom stereocenters. The summed E-state index contributed by atoms with van der Waals surface area (Å²) >= 11 is 0. The summed E-state index contributed by atoms with van der Waals surface area (Å²) in [5.74, 6) is 0.768. The number of carbonyl (C=O) groups is 2. The van der Waals surface area contributed by atoms with Gasteiger partial charge in [0.05, 0.1) is 18.3 Å². The standard InChI is InChI=1S/C28H30N4O3/c1-35-20-10-12-21-18(15-20)9-11-23-24(21)30-31-25(23)26(33)29-17-28(13-5-2-6-14-28)32-16-19-7-3-4-8-22(19)27(32)34/h3-4,7-8,10,12,15H,2,5-6,9,11,13-14,16-17H2,1H3,(H,29,33)(H,30,31). The summed E-state index contributed by atoms with van der Waals surface area (Å²) in [5, 5.41) is 10.7. The molecule has 0 saturated heterocycles. The summed E-state index contributed by atoms with van der Waals surface area (Å²) in [6, 6.07) is 13.8. The van der Waals surface area contributed by atoms with Crippen LogP contribution in [0.5, 0.6) is 5.75 Å². The lowest BCUT2D eigenvalue weighted by molar-refractivity contribution is 0.0344. The second-order valence-electron chi connectivity index (χ2n) is 9.96.